The van der Waals surface area contributed by atoms with E-state index in [0.717, 1.165) is 16.5 Å². The normalized spacial score (nSPS) is 10.7. The molecular weight excluding hydrogens is 404 g/mol. The van der Waals surface area contributed by atoms with Crippen molar-refractivity contribution < 1.29 is 19.0 Å². The molecule has 0 bridgehead atoms. The van der Waals surface area contributed by atoms with E-state index >= 15 is 0 Å². The van der Waals surface area contributed by atoms with Gasteiger partial charge in [0.05, 0.1) is 23.3 Å². The Bertz CT molecular complexity index is 1150. The molecule has 0 amide bonds. The van der Waals surface area contributed by atoms with Gasteiger partial charge in [0, 0.05) is 11.5 Å². The predicted molar refractivity (Wildman–Crippen MR) is 114 cm³/mol. The highest BCUT2D eigenvalue weighted by atomic mass is 35.5. The van der Waals surface area contributed by atoms with E-state index in [-0.39, 0.29) is 13.2 Å². The number of nitrogens with zero attached hydrogens (tertiary/aromatic N) is 2. The minimum Gasteiger partial charge on any atom is -0.493 e. The first kappa shape index (κ1) is 21.2. The zero-order valence-corrected chi connectivity index (χ0v) is 17.3. The minimum absolute atomic E-state index is 0.0298. The number of fused-ring (bicyclic) bond motifs is 1. The second kappa shape index (κ2) is 9.77. The molecule has 30 heavy (non-hydrogen) atoms. The Morgan fingerprint density at radius 2 is 2.03 bits per heavy atom. The number of esters is 1. The molecule has 0 fully saturated rings. The number of nitriles is 1. The van der Waals surface area contributed by atoms with E-state index in [1.165, 1.54) is 13.2 Å². The summed E-state index contributed by atoms with van der Waals surface area (Å²) in [5.41, 5.74) is 2.92. The number of ether oxygens (including phenoxy) is 3. The summed E-state index contributed by atoms with van der Waals surface area (Å²) in [5, 5.41) is 10.1. The number of rotatable bonds is 7. The molecule has 0 aliphatic carbocycles. The van der Waals surface area contributed by atoms with Gasteiger partial charge in [0.2, 0.25) is 0 Å². The first-order valence-corrected chi connectivity index (χ1v) is 9.47. The molecule has 0 radical (unpaired) electrons. The van der Waals surface area contributed by atoms with Crippen molar-refractivity contribution in [3.05, 3.63) is 70.4 Å². The standard InChI is InChI=1S/C23H19ClN2O4/c1-15-17-5-3-4-6-18(17)26-19(23(15)24)14-30-22(27)10-8-16-7-9-20(29-12-11-25)21(13-16)28-2/h3-10,13H,12,14H2,1-2H3/b10-8+. The van der Waals surface area contributed by atoms with E-state index in [4.69, 9.17) is 31.1 Å². The van der Waals surface area contributed by atoms with Gasteiger partial charge in [-0.15, -0.1) is 0 Å². The fourth-order valence-electron chi connectivity index (χ4n) is 2.88. The van der Waals surface area contributed by atoms with Crippen molar-refractivity contribution in [3.8, 4) is 17.6 Å². The average molecular weight is 423 g/mol. The molecule has 0 saturated heterocycles. The molecule has 7 heteroatoms. The number of benzene rings is 2. The van der Waals surface area contributed by atoms with E-state index in [9.17, 15) is 4.79 Å². The minimum atomic E-state index is -0.526. The summed E-state index contributed by atoms with van der Waals surface area (Å²) in [6, 6.07) is 14.7. The van der Waals surface area contributed by atoms with Gasteiger partial charge in [-0.25, -0.2) is 9.78 Å². The Hall–Kier alpha value is -3.56. The molecular formula is C23H19ClN2O4. The highest BCUT2D eigenvalue weighted by Gasteiger charge is 2.12. The summed E-state index contributed by atoms with van der Waals surface area (Å²) in [6.07, 6.45) is 2.91. The van der Waals surface area contributed by atoms with Gasteiger partial charge in [-0.3, -0.25) is 0 Å². The molecule has 0 spiro atoms. The molecule has 3 aromatic rings. The number of carbonyl (C=O) groups excluding carboxylic acids is 1. The molecule has 0 aliphatic heterocycles. The molecule has 1 heterocycles. The number of aryl methyl sites for hydroxylation is 1. The Labute approximate surface area is 179 Å². The highest BCUT2D eigenvalue weighted by Crippen LogP contribution is 2.29. The highest BCUT2D eigenvalue weighted by molar-refractivity contribution is 6.32. The summed E-state index contributed by atoms with van der Waals surface area (Å²) >= 11 is 6.40. The molecule has 0 unspecified atom stereocenters. The van der Waals surface area contributed by atoms with Crippen molar-refractivity contribution in [1.29, 1.82) is 5.26 Å². The van der Waals surface area contributed by atoms with Gasteiger partial charge < -0.3 is 14.2 Å². The molecule has 0 N–H and O–H groups in total. The largest absolute Gasteiger partial charge is 0.493 e. The third-order valence-corrected chi connectivity index (χ3v) is 4.89. The lowest BCUT2D eigenvalue weighted by atomic mass is 10.1. The Kier molecular flexibility index (Phi) is 6.89. The maximum absolute atomic E-state index is 12.1. The molecule has 0 atom stereocenters. The van der Waals surface area contributed by atoms with E-state index in [2.05, 4.69) is 4.98 Å². The lowest BCUT2D eigenvalue weighted by Gasteiger charge is -2.10. The number of halogens is 1. The van der Waals surface area contributed by atoms with Crippen molar-refractivity contribution in [2.24, 2.45) is 0 Å². The first-order valence-electron chi connectivity index (χ1n) is 9.10. The number of carbonyl (C=O) groups is 1. The number of pyridine rings is 1. The van der Waals surface area contributed by atoms with Crippen LogP contribution in [-0.4, -0.2) is 24.7 Å². The summed E-state index contributed by atoms with van der Waals surface area (Å²) in [5.74, 6) is 0.386. The van der Waals surface area contributed by atoms with Gasteiger partial charge in [-0.05, 0) is 42.3 Å². The van der Waals surface area contributed by atoms with E-state index in [1.807, 2.05) is 37.3 Å². The van der Waals surface area contributed by atoms with Crippen LogP contribution >= 0.6 is 11.6 Å². The second-order valence-electron chi connectivity index (χ2n) is 6.31. The molecule has 0 saturated carbocycles. The van der Waals surface area contributed by atoms with Gasteiger partial charge in [0.1, 0.15) is 12.7 Å². The summed E-state index contributed by atoms with van der Waals surface area (Å²) in [7, 11) is 1.50. The number of aromatic nitrogens is 1. The van der Waals surface area contributed by atoms with Crippen molar-refractivity contribution in [1.82, 2.24) is 4.98 Å². The Balaban J connectivity index is 1.68. The third-order valence-electron chi connectivity index (χ3n) is 4.39. The fourth-order valence-corrected chi connectivity index (χ4v) is 3.08. The van der Waals surface area contributed by atoms with Crippen LogP contribution in [0.1, 0.15) is 16.8 Å². The molecule has 2 aromatic carbocycles. The van der Waals surface area contributed by atoms with Crippen LogP contribution < -0.4 is 9.47 Å². The van der Waals surface area contributed by atoms with Crippen LogP contribution in [0.25, 0.3) is 17.0 Å². The van der Waals surface area contributed by atoms with Crippen LogP contribution in [0.4, 0.5) is 0 Å². The van der Waals surface area contributed by atoms with Gasteiger partial charge in [-0.2, -0.15) is 5.26 Å². The Morgan fingerprint density at radius 1 is 1.23 bits per heavy atom. The van der Waals surface area contributed by atoms with Crippen molar-refractivity contribution in [2.75, 3.05) is 13.7 Å². The maximum Gasteiger partial charge on any atom is 0.331 e. The SMILES string of the molecule is COc1cc(/C=C/C(=O)OCc2nc3ccccc3c(C)c2Cl)ccc1OCC#N. The lowest BCUT2D eigenvalue weighted by Crippen LogP contribution is -2.04. The average Bonchev–Trinajstić information content (AvgIpc) is 2.77. The number of hydrogen-bond donors (Lipinski definition) is 0. The number of hydrogen-bond acceptors (Lipinski definition) is 6. The monoisotopic (exact) mass is 422 g/mol. The molecule has 152 valence electrons. The quantitative estimate of drug-likeness (QED) is 0.399. The molecule has 6 nitrogen and oxygen atoms in total. The van der Waals surface area contributed by atoms with Crippen LogP contribution in [-0.2, 0) is 16.1 Å². The van der Waals surface area contributed by atoms with E-state index in [0.29, 0.717) is 27.8 Å². The molecule has 3 rings (SSSR count). The van der Waals surface area contributed by atoms with E-state index < -0.39 is 5.97 Å². The van der Waals surface area contributed by atoms with Crippen LogP contribution in [0.15, 0.2) is 48.5 Å². The number of para-hydroxylation sites is 1. The van der Waals surface area contributed by atoms with Gasteiger partial charge >= 0.3 is 5.97 Å². The second-order valence-corrected chi connectivity index (χ2v) is 6.69. The van der Waals surface area contributed by atoms with Crippen LogP contribution in [0.3, 0.4) is 0 Å². The lowest BCUT2D eigenvalue weighted by molar-refractivity contribution is -0.139. The third kappa shape index (κ3) is 4.88. The van der Waals surface area contributed by atoms with Crippen molar-refractivity contribution in [3.63, 3.8) is 0 Å². The smallest absolute Gasteiger partial charge is 0.331 e. The zero-order chi connectivity index (χ0) is 21.5. The van der Waals surface area contributed by atoms with Crippen LogP contribution in [0.5, 0.6) is 11.5 Å². The maximum atomic E-state index is 12.1. The van der Waals surface area contributed by atoms with Crippen LogP contribution in [0, 0.1) is 18.3 Å². The fraction of sp³-hybridized carbons (Fsp3) is 0.174. The zero-order valence-electron chi connectivity index (χ0n) is 16.5. The van der Waals surface area contributed by atoms with Gasteiger partial charge in [-0.1, -0.05) is 35.9 Å². The van der Waals surface area contributed by atoms with Gasteiger partial charge in [0.15, 0.2) is 18.1 Å². The predicted octanol–water partition coefficient (Wildman–Crippen LogP) is 4.86. The van der Waals surface area contributed by atoms with Crippen molar-refractivity contribution >= 4 is 34.5 Å². The summed E-state index contributed by atoms with van der Waals surface area (Å²) in [6.45, 7) is 1.80. The molecule has 1 aromatic heterocycles. The van der Waals surface area contributed by atoms with Crippen LogP contribution in [0.2, 0.25) is 5.02 Å². The Morgan fingerprint density at radius 3 is 2.80 bits per heavy atom. The first-order chi connectivity index (χ1) is 14.5. The number of methoxy groups -OCH3 is 1. The van der Waals surface area contributed by atoms with E-state index in [1.54, 1.807) is 24.3 Å². The topological polar surface area (TPSA) is 81.4 Å². The summed E-state index contributed by atoms with van der Waals surface area (Å²) < 4.78 is 15.8. The van der Waals surface area contributed by atoms with Gasteiger partial charge in [0.25, 0.3) is 0 Å². The molecule has 0 aliphatic rings. The summed E-state index contributed by atoms with van der Waals surface area (Å²) in [4.78, 5) is 16.6. The van der Waals surface area contributed by atoms with Crippen molar-refractivity contribution in [2.45, 2.75) is 13.5 Å².